The molecule has 0 aliphatic heterocycles. The third-order valence-corrected chi connectivity index (χ3v) is 3.43. The molecule has 6 nitrogen and oxygen atoms in total. The Morgan fingerprint density at radius 1 is 1.48 bits per heavy atom. The van der Waals surface area contributed by atoms with E-state index in [2.05, 4.69) is 15.3 Å². The molecule has 21 heavy (non-hydrogen) atoms. The topological polar surface area (TPSA) is 95.1 Å². The SMILES string of the molecule is Cc1cc(C(=O)NC(Cc2cnc[nH]2)C(=O)O)ccc1Cl. The van der Waals surface area contributed by atoms with Crippen molar-refractivity contribution in [1.82, 2.24) is 15.3 Å². The minimum atomic E-state index is -1.11. The number of carboxylic acids is 1. The molecule has 1 amide bonds. The summed E-state index contributed by atoms with van der Waals surface area (Å²) in [5, 5.41) is 12.2. The Morgan fingerprint density at radius 2 is 2.24 bits per heavy atom. The lowest BCUT2D eigenvalue weighted by Crippen LogP contribution is -2.42. The summed E-state index contributed by atoms with van der Waals surface area (Å²) in [4.78, 5) is 30.0. The standard InChI is InChI=1S/C14H14ClN3O3/c1-8-4-9(2-3-11(8)15)13(19)18-12(14(20)21)5-10-6-16-7-17-10/h2-4,6-7,12H,5H2,1H3,(H,16,17)(H,18,19)(H,20,21). The van der Waals surface area contributed by atoms with Crippen molar-refractivity contribution >= 4 is 23.5 Å². The van der Waals surface area contributed by atoms with Crippen LogP contribution in [0.1, 0.15) is 21.6 Å². The molecule has 0 radical (unpaired) electrons. The van der Waals surface area contributed by atoms with Gasteiger partial charge in [0.15, 0.2) is 0 Å². The highest BCUT2D eigenvalue weighted by Crippen LogP contribution is 2.16. The molecule has 2 rings (SSSR count). The maximum absolute atomic E-state index is 12.1. The van der Waals surface area contributed by atoms with Gasteiger partial charge in [0.05, 0.1) is 6.33 Å². The van der Waals surface area contributed by atoms with Crippen LogP contribution >= 0.6 is 11.6 Å². The van der Waals surface area contributed by atoms with Crippen molar-refractivity contribution in [2.75, 3.05) is 0 Å². The number of aryl methyl sites for hydroxylation is 1. The monoisotopic (exact) mass is 307 g/mol. The number of nitrogens with one attached hydrogen (secondary N) is 2. The number of aromatic amines is 1. The van der Waals surface area contributed by atoms with Crippen LogP contribution in [-0.2, 0) is 11.2 Å². The Kier molecular flexibility index (Phi) is 4.59. The van der Waals surface area contributed by atoms with Crippen LogP contribution < -0.4 is 5.32 Å². The fraction of sp³-hybridized carbons (Fsp3) is 0.214. The molecule has 1 unspecified atom stereocenters. The molecule has 2 aromatic rings. The Labute approximate surface area is 126 Å². The summed E-state index contributed by atoms with van der Waals surface area (Å²) in [5.41, 5.74) is 1.76. The number of nitrogens with zero attached hydrogens (tertiary/aromatic N) is 1. The molecule has 7 heteroatoms. The minimum Gasteiger partial charge on any atom is -0.480 e. The molecular weight excluding hydrogens is 294 g/mol. The fourth-order valence-electron chi connectivity index (χ4n) is 1.84. The number of carboxylic acid groups (broad SMARTS) is 1. The molecule has 0 spiro atoms. The van der Waals surface area contributed by atoms with Crippen molar-refractivity contribution in [2.24, 2.45) is 0 Å². The first kappa shape index (κ1) is 15.1. The zero-order valence-electron chi connectivity index (χ0n) is 11.3. The maximum atomic E-state index is 12.1. The van der Waals surface area contributed by atoms with Crippen molar-refractivity contribution in [1.29, 1.82) is 0 Å². The zero-order valence-corrected chi connectivity index (χ0v) is 12.0. The molecule has 0 aliphatic carbocycles. The summed E-state index contributed by atoms with van der Waals surface area (Å²) in [6.45, 7) is 1.78. The van der Waals surface area contributed by atoms with Gasteiger partial charge in [-0.2, -0.15) is 0 Å². The van der Waals surface area contributed by atoms with Gasteiger partial charge in [-0.05, 0) is 30.7 Å². The van der Waals surface area contributed by atoms with Gasteiger partial charge >= 0.3 is 5.97 Å². The minimum absolute atomic E-state index is 0.133. The van der Waals surface area contributed by atoms with Crippen molar-refractivity contribution in [3.63, 3.8) is 0 Å². The number of carbonyl (C=O) groups excluding carboxylic acids is 1. The Bertz CT molecular complexity index is 655. The first-order chi connectivity index (χ1) is 9.97. The highest BCUT2D eigenvalue weighted by atomic mass is 35.5. The van der Waals surface area contributed by atoms with Gasteiger partial charge in [0.2, 0.25) is 0 Å². The lowest BCUT2D eigenvalue weighted by atomic mass is 10.1. The normalized spacial score (nSPS) is 11.9. The quantitative estimate of drug-likeness (QED) is 0.785. The zero-order chi connectivity index (χ0) is 15.4. The third-order valence-electron chi connectivity index (χ3n) is 3.00. The number of amides is 1. The predicted octanol–water partition coefficient (Wildman–Crippen LogP) is 1.80. The second-order valence-electron chi connectivity index (χ2n) is 4.61. The lowest BCUT2D eigenvalue weighted by molar-refractivity contribution is -0.139. The van der Waals surface area contributed by atoms with Crippen molar-refractivity contribution < 1.29 is 14.7 Å². The van der Waals surface area contributed by atoms with Crippen LogP contribution in [-0.4, -0.2) is 33.0 Å². The van der Waals surface area contributed by atoms with Crippen LogP contribution in [0.25, 0.3) is 0 Å². The largest absolute Gasteiger partial charge is 0.480 e. The Balaban J connectivity index is 2.10. The first-order valence-corrected chi connectivity index (χ1v) is 6.62. The van der Waals surface area contributed by atoms with E-state index < -0.39 is 17.9 Å². The van der Waals surface area contributed by atoms with Gasteiger partial charge in [0.25, 0.3) is 5.91 Å². The van der Waals surface area contributed by atoms with Gasteiger partial charge in [-0.1, -0.05) is 11.6 Å². The van der Waals surface area contributed by atoms with Gasteiger partial charge in [0, 0.05) is 28.9 Å². The molecule has 1 aromatic carbocycles. The maximum Gasteiger partial charge on any atom is 0.326 e. The van der Waals surface area contributed by atoms with Crippen molar-refractivity contribution in [3.05, 3.63) is 52.6 Å². The van der Waals surface area contributed by atoms with Crippen molar-refractivity contribution in [2.45, 2.75) is 19.4 Å². The average molecular weight is 308 g/mol. The molecule has 1 atom stereocenters. The molecule has 1 aromatic heterocycles. The Hall–Kier alpha value is -2.34. The number of imidazole rings is 1. The van der Waals surface area contributed by atoms with Crippen LogP contribution in [0.15, 0.2) is 30.7 Å². The van der Waals surface area contributed by atoms with Gasteiger partial charge in [-0.25, -0.2) is 9.78 Å². The lowest BCUT2D eigenvalue weighted by Gasteiger charge is -2.14. The fourth-order valence-corrected chi connectivity index (χ4v) is 1.96. The van der Waals surface area contributed by atoms with Crippen LogP contribution in [0, 0.1) is 6.92 Å². The highest BCUT2D eigenvalue weighted by molar-refractivity contribution is 6.31. The van der Waals surface area contributed by atoms with E-state index in [1.165, 1.54) is 12.5 Å². The number of carbonyl (C=O) groups is 2. The Morgan fingerprint density at radius 3 is 2.81 bits per heavy atom. The number of benzene rings is 1. The van der Waals surface area contributed by atoms with Crippen LogP contribution in [0.4, 0.5) is 0 Å². The average Bonchev–Trinajstić information content (AvgIpc) is 2.93. The second kappa shape index (κ2) is 6.41. The summed E-state index contributed by atoms with van der Waals surface area (Å²) < 4.78 is 0. The number of hydrogen-bond donors (Lipinski definition) is 3. The molecule has 0 saturated carbocycles. The third kappa shape index (κ3) is 3.82. The van der Waals surface area contributed by atoms with Gasteiger partial charge in [0.1, 0.15) is 6.04 Å². The number of aromatic nitrogens is 2. The van der Waals surface area contributed by atoms with E-state index in [1.807, 2.05) is 0 Å². The van der Waals surface area contributed by atoms with E-state index in [4.69, 9.17) is 11.6 Å². The number of rotatable bonds is 5. The van der Waals surface area contributed by atoms with Crippen molar-refractivity contribution in [3.8, 4) is 0 Å². The highest BCUT2D eigenvalue weighted by Gasteiger charge is 2.21. The molecule has 1 heterocycles. The summed E-state index contributed by atoms with van der Waals surface area (Å²) >= 11 is 5.90. The van der Waals surface area contributed by atoms with Gasteiger partial charge in [-0.15, -0.1) is 0 Å². The summed E-state index contributed by atoms with van der Waals surface area (Å²) in [7, 11) is 0. The van der Waals surface area contributed by atoms with Crippen LogP contribution in [0.2, 0.25) is 5.02 Å². The smallest absolute Gasteiger partial charge is 0.326 e. The number of aliphatic carboxylic acids is 1. The molecule has 110 valence electrons. The van der Waals surface area contributed by atoms with E-state index in [-0.39, 0.29) is 6.42 Å². The molecule has 3 N–H and O–H groups in total. The summed E-state index contributed by atoms with van der Waals surface area (Å²) in [5.74, 6) is -1.56. The summed E-state index contributed by atoms with van der Waals surface area (Å²) in [6, 6.07) is 3.75. The summed E-state index contributed by atoms with van der Waals surface area (Å²) in [6.07, 6.45) is 3.11. The van der Waals surface area contributed by atoms with Crippen LogP contribution in [0.3, 0.4) is 0 Å². The van der Waals surface area contributed by atoms with E-state index in [1.54, 1.807) is 25.1 Å². The molecular formula is C14H14ClN3O3. The molecule has 0 bridgehead atoms. The van der Waals surface area contributed by atoms with E-state index in [0.717, 1.165) is 5.56 Å². The number of hydrogen-bond acceptors (Lipinski definition) is 3. The number of H-pyrrole nitrogens is 1. The van der Waals surface area contributed by atoms with E-state index in [0.29, 0.717) is 16.3 Å². The second-order valence-corrected chi connectivity index (χ2v) is 5.02. The molecule has 0 saturated heterocycles. The van der Waals surface area contributed by atoms with Gasteiger partial charge < -0.3 is 15.4 Å². The van der Waals surface area contributed by atoms with Gasteiger partial charge in [-0.3, -0.25) is 4.79 Å². The first-order valence-electron chi connectivity index (χ1n) is 6.24. The molecule has 0 fully saturated rings. The van der Waals surface area contributed by atoms with E-state index >= 15 is 0 Å². The molecule has 0 aliphatic rings. The number of halogens is 1. The predicted molar refractivity (Wildman–Crippen MR) is 77.4 cm³/mol. The van der Waals surface area contributed by atoms with E-state index in [9.17, 15) is 14.7 Å². The van der Waals surface area contributed by atoms with Crippen LogP contribution in [0.5, 0.6) is 0 Å².